The quantitative estimate of drug-likeness (QED) is 0.796. The van der Waals surface area contributed by atoms with Gasteiger partial charge < -0.3 is 4.74 Å². The molecule has 0 bridgehead atoms. The first-order chi connectivity index (χ1) is 9.78. The third-order valence-electron chi connectivity index (χ3n) is 3.38. The molecule has 0 spiro atoms. The van der Waals surface area contributed by atoms with Crippen molar-refractivity contribution in [3.8, 4) is 0 Å². The zero-order valence-corrected chi connectivity index (χ0v) is 12.6. The molecule has 1 aromatic carbocycles. The van der Waals surface area contributed by atoms with E-state index in [4.69, 9.17) is 4.74 Å². The fourth-order valence-corrected chi connectivity index (χ4v) is 2.41. The molecule has 0 aliphatic carbocycles. The molecule has 1 aromatic rings. The second kappa shape index (κ2) is 5.84. The fraction of sp³-hybridized carbons (Fsp3) is 0.500. The Kier molecular flexibility index (Phi) is 4.30. The Morgan fingerprint density at radius 2 is 2.00 bits per heavy atom. The van der Waals surface area contributed by atoms with Gasteiger partial charge in [-0.2, -0.15) is 0 Å². The summed E-state index contributed by atoms with van der Waals surface area (Å²) in [4.78, 5) is 25.2. The van der Waals surface area contributed by atoms with Gasteiger partial charge in [-0.05, 0) is 44.7 Å². The number of rotatable bonds is 1. The average molecular weight is 293 g/mol. The van der Waals surface area contributed by atoms with Gasteiger partial charge >= 0.3 is 6.09 Å². The van der Waals surface area contributed by atoms with Crippen LogP contribution in [0.1, 0.15) is 45.1 Å². The first-order valence-corrected chi connectivity index (χ1v) is 7.05. The molecule has 4 nitrogen and oxygen atoms in total. The lowest BCUT2D eigenvalue weighted by Gasteiger charge is -2.32. The van der Waals surface area contributed by atoms with Gasteiger partial charge in [0.1, 0.15) is 11.4 Å². The van der Waals surface area contributed by atoms with Crippen molar-refractivity contribution in [3.63, 3.8) is 0 Å². The summed E-state index contributed by atoms with van der Waals surface area (Å²) in [5.41, 5.74) is -0.102. The number of nitrogens with zero attached hydrogens (tertiary/aromatic N) is 1. The molecule has 0 saturated carbocycles. The zero-order chi connectivity index (χ0) is 15.6. The van der Waals surface area contributed by atoms with E-state index in [0.717, 1.165) is 4.90 Å². The Morgan fingerprint density at radius 3 is 2.57 bits per heavy atom. The number of hydrogen-bond acceptors (Lipinski definition) is 3. The summed E-state index contributed by atoms with van der Waals surface area (Å²) in [6, 6.07) is 6.45. The van der Waals surface area contributed by atoms with Gasteiger partial charge in [-0.3, -0.25) is 4.79 Å². The normalized spacial score (nSPS) is 19.5. The number of ether oxygens (including phenoxy) is 1. The van der Waals surface area contributed by atoms with Crippen molar-refractivity contribution in [2.75, 3.05) is 6.54 Å². The molecule has 0 aromatic heterocycles. The van der Waals surface area contributed by atoms with Gasteiger partial charge in [-0.1, -0.05) is 18.2 Å². The fourth-order valence-electron chi connectivity index (χ4n) is 2.41. The first kappa shape index (κ1) is 15.5. The largest absolute Gasteiger partial charge is 0.443 e. The van der Waals surface area contributed by atoms with Gasteiger partial charge in [0.05, 0.1) is 0 Å². The predicted octanol–water partition coefficient (Wildman–Crippen LogP) is 3.47. The molecule has 2 rings (SSSR count). The second-order valence-electron chi connectivity index (χ2n) is 6.24. The highest BCUT2D eigenvalue weighted by molar-refractivity contribution is 5.93. The molecule has 1 heterocycles. The minimum absolute atomic E-state index is 0.125. The van der Waals surface area contributed by atoms with Crippen molar-refractivity contribution in [2.45, 2.75) is 45.1 Å². The minimum Gasteiger partial charge on any atom is -0.443 e. The molecule has 1 saturated heterocycles. The number of amides is 2. The number of likely N-dealkylation sites (tertiary alicyclic amines) is 1. The van der Waals surface area contributed by atoms with E-state index in [1.54, 1.807) is 39.0 Å². The molecule has 21 heavy (non-hydrogen) atoms. The predicted molar refractivity (Wildman–Crippen MR) is 76.3 cm³/mol. The molecule has 0 radical (unpaired) electrons. The maximum absolute atomic E-state index is 13.8. The number of carbonyl (C=O) groups is 2. The summed E-state index contributed by atoms with van der Waals surface area (Å²) in [6.07, 6.45) is 0.0472. The first-order valence-electron chi connectivity index (χ1n) is 7.05. The van der Waals surface area contributed by atoms with E-state index in [1.807, 2.05) is 0 Å². The van der Waals surface area contributed by atoms with Gasteiger partial charge in [0.2, 0.25) is 5.91 Å². The number of piperidine rings is 1. The van der Waals surface area contributed by atoms with Gasteiger partial charge in [0.25, 0.3) is 0 Å². The van der Waals surface area contributed by atoms with Crippen molar-refractivity contribution < 1.29 is 18.7 Å². The molecule has 0 N–H and O–H groups in total. The molecule has 1 fully saturated rings. The Bertz CT molecular complexity index is 551. The second-order valence-corrected chi connectivity index (χ2v) is 6.24. The van der Waals surface area contributed by atoms with Crippen LogP contribution in [0.15, 0.2) is 24.3 Å². The van der Waals surface area contributed by atoms with E-state index in [9.17, 15) is 14.0 Å². The summed E-state index contributed by atoms with van der Waals surface area (Å²) in [5, 5.41) is 0. The molecule has 114 valence electrons. The highest BCUT2D eigenvalue weighted by Gasteiger charge is 2.34. The van der Waals surface area contributed by atoms with Crippen LogP contribution in [0, 0.1) is 5.82 Å². The lowest BCUT2D eigenvalue weighted by molar-refractivity contribution is -0.132. The number of hydrogen-bond donors (Lipinski definition) is 0. The molecule has 1 unspecified atom stereocenters. The van der Waals surface area contributed by atoms with Crippen molar-refractivity contribution in [3.05, 3.63) is 35.6 Å². The van der Waals surface area contributed by atoms with E-state index in [1.165, 1.54) is 6.07 Å². The van der Waals surface area contributed by atoms with Gasteiger partial charge in [0.15, 0.2) is 0 Å². The topological polar surface area (TPSA) is 46.6 Å². The maximum Gasteiger partial charge on any atom is 0.417 e. The van der Waals surface area contributed by atoms with Crippen LogP contribution < -0.4 is 0 Å². The average Bonchev–Trinajstić information content (AvgIpc) is 2.37. The molecule has 1 aliphatic heterocycles. The van der Waals surface area contributed by atoms with Gasteiger partial charge in [-0.25, -0.2) is 14.1 Å². The number of halogens is 1. The number of benzene rings is 1. The van der Waals surface area contributed by atoms with Crippen LogP contribution in [0.4, 0.5) is 9.18 Å². The van der Waals surface area contributed by atoms with Crippen LogP contribution >= 0.6 is 0 Å². The third-order valence-corrected chi connectivity index (χ3v) is 3.38. The van der Waals surface area contributed by atoms with Gasteiger partial charge in [0, 0.05) is 13.0 Å². The lowest BCUT2D eigenvalue weighted by atomic mass is 9.89. The van der Waals surface area contributed by atoms with Crippen LogP contribution in [0.3, 0.4) is 0 Å². The third kappa shape index (κ3) is 3.80. The van der Waals surface area contributed by atoms with Gasteiger partial charge in [-0.15, -0.1) is 0 Å². The van der Waals surface area contributed by atoms with Crippen LogP contribution in [0.25, 0.3) is 0 Å². The van der Waals surface area contributed by atoms with E-state index in [2.05, 4.69) is 0 Å². The minimum atomic E-state index is -0.639. The molecular weight excluding hydrogens is 273 g/mol. The van der Waals surface area contributed by atoms with E-state index in [-0.39, 0.29) is 30.6 Å². The Balaban J connectivity index is 2.05. The standard InChI is InChI=1S/C16H20FNO3/c1-16(2,3)21-15(20)18-9-8-11(10-14(18)19)12-6-4-5-7-13(12)17/h4-7,11H,8-10H2,1-3H3. The summed E-state index contributed by atoms with van der Waals surface area (Å²) >= 11 is 0. The van der Waals surface area contributed by atoms with Crippen molar-refractivity contribution in [2.24, 2.45) is 0 Å². The molecule has 1 aliphatic rings. The van der Waals surface area contributed by atoms with E-state index in [0.29, 0.717) is 12.0 Å². The monoisotopic (exact) mass is 293 g/mol. The Hall–Kier alpha value is -1.91. The summed E-state index contributed by atoms with van der Waals surface area (Å²) in [6.45, 7) is 5.51. The summed E-state index contributed by atoms with van der Waals surface area (Å²) < 4.78 is 19.0. The Morgan fingerprint density at radius 1 is 1.33 bits per heavy atom. The van der Waals surface area contributed by atoms with E-state index >= 15 is 0 Å². The summed E-state index contributed by atoms with van der Waals surface area (Å²) in [5.74, 6) is -0.804. The SMILES string of the molecule is CC(C)(C)OC(=O)N1CCC(c2ccccc2F)CC1=O. The zero-order valence-electron chi connectivity index (χ0n) is 12.6. The molecular formula is C16H20FNO3. The maximum atomic E-state index is 13.8. The molecule has 1 atom stereocenters. The highest BCUT2D eigenvalue weighted by atomic mass is 19.1. The van der Waals surface area contributed by atoms with Crippen molar-refractivity contribution >= 4 is 12.0 Å². The molecule has 2 amide bonds. The van der Waals surface area contributed by atoms with Crippen LogP contribution in [-0.2, 0) is 9.53 Å². The Labute approximate surface area is 123 Å². The summed E-state index contributed by atoms with van der Waals surface area (Å²) in [7, 11) is 0. The van der Waals surface area contributed by atoms with Crippen LogP contribution in [-0.4, -0.2) is 29.0 Å². The number of carbonyl (C=O) groups excluding carboxylic acids is 2. The highest BCUT2D eigenvalue weighted by Crippen LogP contribution is 2.30. The lowest BCUT2D eigenvalue weighted by Crippen LogP contribution is -2.45. The smallest absolute Gasteiger partial charge is 0.417 e. The molecule has 5 heteroatoms. The van der Waals surface area contributed by atoms with Crippen LogP contribution in [0.5, 0.6) is 0 Å². The van der Waals surface area contributed by atoms with Crippen LogP contribution in [0.2, 0.25) is 0 Å². The van der Waals surface area contributed by atoms with Crippen molar-refractivity contribution in [1.29, 1.82) is 0 Å². The van der Waals surface area contributed by atoms with E-state index < -0.39 is 11.7 Å². The van der Waals surface area contributed by atoms with Crippen molar-refractivity contribution in [1.82, 2.24) is 4.90 Å². The number of imide groups is 1.